The molecule has 0 radical (unpaired) electrons. The Morgan fingerprint density at radius 3 is 2.81 bits per heavy atom. The predicted molar refractivity (Wildman–Crippen MR) is 124 cm³/mol. The third-order valence-electron chi connectivity index (χ3n) is 5.24. The maximum absolute atomic E-state index is 13.6. The van der Waals surface area contributed by atoms with Gasteiger partial charge in [0.1, 0.15) is 4.83 Å². The third kappa shape index (κ3) is 4.52. The van der Waals surface area contributed by atoms with E-state index in [1.165, 1.54) is 4.88 Å². The molecule has 3 aromatic rings. The summed E-state index contributed by atoms with van der Waals surface area (Å²) in [6.45, 7) is 4.44. The van der Waals surface area contributed by atoms with E-state index in [4.69, 9.17) is 4.98 Å². The van der Waals surface area contributed by atoms with Gasteiger partial charge in [-0.05, 0) is 49.8 Å². The van der Waals surface area contributed by atoms with Crippen LogP contribution in [-0.2, 0) is 17.6 Å². The van der Waals surface area contributed by atoms with Crippen LogP contribution in [0.1, 0.15) is 30.7 Å². The molecule has 2 N–H and O–H groups in total. The van der Waals surface area contributed by atoms with Crippen molar-refractivity contribution in [2.45, 2.75) is 38.3 Å². The molecular weight excluding hydrogens is 432 g/mol. The van der Waals surface area contributed by atoms with Gasteiger partial charge in [0.05, 0.1) is 16.8 Å². The van der Waals surface area contributed by atoms with Crippen molar-refractivity contribution in [2.75, 3.05) is 12.3 Å². The minimum atomic E-state index is -0.531. The second kappa shape index (κ2) is 9.23. The molecule has 0 saturated carbocycles. The van der Waals surface area contributed by atoms with Gasteiger partial charge >= 0.3 is 6.03 Å². The lowest BCUT2D eigenvalue weighted by atomic mass is 9.89. The number of nitrogens with zero attached hydrogens (tertiary/aromatic N) is 2. The molecule has 2 heterocycles. The Kier molecular flexibility index (Phi) is 6.43. The molecule has 1 aromatic carbocycles. The predicted octanol–water partition coefficient (Wildman–Crippen LogP) is 3.51. The molecule has 0 spiro atoms. The SMILES string of the molecule is CCNC(=O)NC(=O)CSc1nc2sc3c(c2c(=O)n1-c1ccccc1)CCC(C)C3. The molecule has 0 aliphatic heterocycles. The van der Waals surface area contributed by atoms with E-state index >= 15 is 0 Å². The summed E-state index contributed by atoms with van der Waals surface area (Å²) in [5, 5.41) is 5.96. The van der Waals surface area contributed by atoms with Crippen LogP contribution in [0.5, 0.6) is 0 Å². The van der Waals surface area contributed by atoms with Crippen molar-refractivity contribution in [3.05, 3.63) is 51.1 Å². The summed E-state index contributed by atoms with van der Waals surface area (Å²) in [6.07, 6.45) is 2.93. The van der Waals surface area contributed by atoms with Crippen LogP contribution in [0, 0.1) is 5.92 Å². The van der Waals surface area contributed by atoms with Gasteiger partial charge in [-0.1, -0.05) is 36.9 Å². The number of amides is 3. The molecule has 0 bridgehead atoms. The van der Waals surface area contributed by atoms with Crippen LogP contribution in [0.4, 0.5) is 4.79 Å². The lowest BCUT2D eigenvalue weighted by Crippen LogP contribution is -2.40. The van der Waals surface area contributed by atoms with Crippen molar-refractivity contribution in [2.24, 2.45) is 5.92 Å². The zero-order valence-corrected chi connectivity index (χ0v) is 19.1. The Labute approximate surface area is 188 Å². The van der Waals surface area contributed by atoms with Gasteiger partial charge in [0.15, 0.2) is 5.16 Å². The van der Waals surface area contributed by atoms with Crippen molar-refractivity contribution in [3.8, 4) is 5.69 Å². The first-order valence-corrected chi connectivity index (χ1v) is 12.1. The van der Waals surface area contributed by atoms with Gasteiger partial charge in [-0.25, -0.2) is 9.78 Å². The van der Waals surface area contributed by atoms with Crippen molar-refractivity contribution < 1.29 is 9.59 Å². The largest absolute Gasteiger partial charge is 0.338 e. The maximum Gasteiger partial charge on any atom is 0.321 e. The topological polar surface area (TPSA) is 93.1 Å². The van der Waals surface area contributed by atoms with Crippen LogP contribution in [0.15, 0.2) is 40.3 Å². The fourth-order valence-electron chi connectivity index (χ4n) is 3.77. The lowest BCUT2D eigenvalue weighted by Gasteiger charge is -2.17. The van der Waals surface area contributed by atoms with Gasteiger partial charge in [-0.3, -0.25) is 19.5 Å². The smallest absolute Gasteiger partial charge is 0.321 e. The molecule has 1 aliphatic rings. The number of thiophene rings is 1. The standard InChI is InChI=1S/C22H24N4O3S2/c1-3-23-21(29)24-17(27)12-30-22-25-19-18(15-10-9-13(2)11-16(15)31-19)20(28)26(22)14-7-5-4-6-8-14/h4-8,13H,3,9-12H2,1-2H3,(H2,23,24,27,29). The van der Waals surface area contributed by atoms with E-state index in [1.807, 2.05) is 30.3 Å². The highest BCUT2D eigenvalue weighted by atomic mass is 32.2. The maximum atomic E-state index is 13.6. The highest BCUT2D eigenvalue weighted by Crippen LogP contribution is 2.36. The Morgan fingerprint density at radius 1 is 1.29 bits per heavy atom. The van der Waals surface area contributed by atoms with Gasteiger partial charge in [-0.2, -0.15) is 0 Å². The first kappa shape index (κ1) is 21.6. The summed E-state index contributed by atoms with van der Waals surface area (Å²) in [4.78, 5) is 44.2. The van der Waals surface area contributed by atoms with E-state index in [9.17, 15) is 14.4 Å². The highest BCUT2D eigenvalue weighted by molar-refractivity contribution is 7.99. The van der Waals surface area contributed by atoms with Crippen molar-refractivity contribution in [1.29, 1.82) is 0 Å². The number of aromatic nitrogens is 2. The highest BCUT2D eigenvalue weighted by Gasteiger charge is 2.25. The third-order valence-corrected chi connectivity index (χ3v) is 7.32. The van der Waals surface area contributed by atoms with Gasteiger partial charge in [-0.15, -0.1) is 11.3 Å². The lowest BCUT2D eigenvalue weighted by molar-refractivity contribution is -0.117. The van der Waals surface area contributed by atoms with Crippen LogP contribution in [-0.4, -0.2) is 33.8 Å². The molecule has 1 unspecified atom stereocenters. The quantitative estimate of drug-likeness (QED) is 0.453. The second-order valence-corrected chi connectivity index (χ2v) is 9.62. The first-order valence-electron chi connectivity index (χ1n) is 10.3. The molecule has 1 atom stereocenters. The number of nitrogens with one attached hydrogen (secondary N) is 2. The molecule has 1 aliphatic carbocycles. The van der Waals surface area contributed by atoms with Crippen LogP contribution >= 0.6 is 23.1 Å². The zero-order valence-electron chi connectivity index (χ0n) is 17.4. The van der Waals surface area contributed by atoms with Gasteiger partial charge in [0.25, 0.3) is 5.56 Å². The number of fused-ring (bicyclic) bond motifs is 3. The Hall–Kier alpha value is -2.65. The number of carbonyl (C=O) groups excluding carboxylic acids is 2. The molecule has 2 aromatic heterocycles. The first-order chi connectivity index (χ1) is 15.0. The monoisotopic (exact) mass is 456 g/mol. The van der Waals surface area contributed by atoms with Crippen LogP contribution in [0.3, 0.4) is 0 Å². The molecular formula is C22H24N4O3S2. The van der Waals surface area contributed by atoms with E-state index < -0.39 is 11.9 Å². The number of thioether (sulfide) groups is 1. The second-order valence-electron chi connectivity index (χ2n) is 7.60. The van der Waals surface area contributed by atoms with Gasteiger partial charge < -0.3 is 5.32 Å². The zero-order chi connectivity index (χ0) is 22.0. The molecule has 4 rings (SSSR count). The summed E-state index contributed by atoms with van der Waals surface area (Å²) in [5.74, 6) is 0.136. The number of hydrogen-bond acceptors (Lipinski definition) is 6. The number of hydrogen-bond donors (Lipinski definition) is 2. The fraction of sp³-hybridized carbons (Fsp3) is 0.364. The molecule has 0 fully saturated rings. The number of urea groups is 1. The number of rotatable bonds is 5. The summed E-state index contributed by atoms with van der Waals surface area (Å²) in [5.41, 5.74) is 1.73. The van der Waals surface area contributed by atoms with Crippen molar-refractivity contribution in [1.82, 2.24) is 20.2 Å². The van der Waals surface area contributed by atoms with Crippen LogP contribution in [0.2, 0.25) is 0 Å². The van der Waals surface area contributed by atoms with E-state index in [-0.39, 0.29) is 11.3 Å². The Bertz CT molecular complexity index is 1190. The number of para-hydroxylation sites is 1. The molecule has 7 nitrogen and oxygen atoms in total. The fourth-order valence-corrected chi connectivity index (χ4v) is 6.01. The molecule has 3 amide bonds. The van der Waals surface area contributed by atoms with Gasteiger partial charge in [0.2, 0.25) is 5.91 Å². The summed E-state index contributed by atoms with van der Waals surface area (Å²) in [7, 11) is 0. The number of benzene rings is 1. The molecule has 9 heteroatoms. The number of aryl methyl sites for hydroxylation is 1. The van der Waals surface area contributed by atoms with Crippen molar-refractivity contribution >= 4 is 45.3 Å². The number of carbonyl (C=O) groups is 2. The number of imide groups is 1. The van der Waals surface area contributed by atoms with Gasteiger partial charge in [0, 0.05) is 11.4 Å². The average molecular weight is 457 g/mol. The van der Waals surface area contributed by atoms with Crippen molar-refractivity contribution in [3.63, 3.8) is 0 Å². The van der Waals surface area contributed by atoms with E-state index in [1.54, 1.807) is 22.8 Å². The van der Waals surface area contributed by atoms with Crippen LogP contribution < -0.4 is 16.2 Å². The van der Waals surface area contributed by atoms with E-state index in [2.05, 4.69) is 17.6 Å². The molecule has 162 valence electrons. The summed E-state index contributed by atoms with van der Waals surface area (Å²) in [6, 6.07) is 8.81. The van der Waals surface area contributed by atoms with Crippen LogP contribution in [0.25, 0.3) is 15.9 Å². The Balaban J connectivity index is 1.74. The summed E-state index contributed by atoms with van der Waals surface area (Å²) < 4.78 is 1.58. The van der Waals surface area contributed by atoms with E-state index in [0.717, 1.165) is 41.4 Å². The average Bonchev–Trinajstić information content (AvgIpc) is 3.10. The summed E-state index contributed by atoms with van der Waals surface area (Å²) >= 11 is 2.74. The van der Waals surface area contributed by atoms with E-state index in [0.29, 0.717) is 28.7 Å². The minimum Gasteiger partial charge on any atom is -0.338 e. The Morgan fingerprint density at radius 2 is 2.06 bits per heavy atom. The molecule has 31 heavy (non-hydrogen) atoms. The normalized spacial score (nSPS) is 15.5. The minimum absolute atomic E-state index is 0.0238. The molecule has 0 saturated heterocycles.